The van der Waals surface area contributed by atoms with Gasteiger partial charge in [0.1, 0.15) is 0 Å². The number of hydrazone groups is 1. The molecule has 1 aromatic heterocycles. The molecule has 0 aliphatic heterocycles. The van der Waals surface area contributed by atoms with E-state index in [0.29, 0.717) is 0 Å². The molecule has 2 N–H and O–H groups in total. The number of allylic oxidation sites excluding steroid dienone is 1. The summed E-state index contributed by atoms with van der Waals surface area (Å²) in [5.74, 6) is 0. The second-order valence-corrected chi connectivity index (χ2v) is 6.14. The predicted octanol–water partition coefficient (Wildman–Crippen LogP) is 4.21. The molecule has 0 radical (unpaired) electrons. The molecule has 3 aromatic rings. The van der Waals surface area contributed by atoms with E-state index in [0.717, 1.165) is 33.8 Å². The van der Waals surface area contributed by atoms with E-state index >= 15 is 0 Å². The summed E-state index contributed by atoms with van der Waals surface area (Å²) in [6.07, 6.45) is 11.1. The van der Waals surface area contributed by atoms with Crippen molar-refractivity contribution in [2.24, 2.45) is 5.10 Å². The molecule has 0 saturated heterocycles. The third-order valence-electron chi connectivity index (χ3n) is 4.14. The van der Waals surface area contributed by atoms with E-state index in [9.17, 15) is 0 Å². The Kier molecular flexibility index (Phi) is 6.21. The summed E-state index contributed by atoms with van der Waals surface area (Å²) >= 11 is 0. The van der Waals surface area contributed by atoms with Crippen LogP contribution in [0.5, 0.6) is 0 Å². The summed E-state index contributed by atoms with van der Waals surface area (Å²) in [7, 11) is 1.85. The number of likely N-dealkylation sites (N-methyl/N-ethyl adjacent to an activating group) is 1. The normalized spacial score (nSPS) is 11.0. The molecule has 140 valence electrons. The van der Waals surface area contributed by atoms with E-state index in [1.54, 1.807) is 18.7 Å². The zero-order valence-electron chi connectivity index (χ0n) is 15.8. The standard InChI is InChI=1S/C23H23N5/c1-18(24-3)7-8-20-5-4-6-22(15-20)19(2)27-26-16-21-9-11-23(12-10-21)28-14-13-25-17-28/h4-17,24,27H,1-2H2,3H3/b8-7+,26-16+. The summed E-state index contributed by atoms with van der Waals surface area (Å²) in [4.78, 5) is 4.05. The zero-order chi connectivity index (χ0) is 19.8. The van der Waals surface area contributed by atoms with Crippen molar-refractivity contribution in [3.05, 3.63) is 109 Å². The first-order valence-electron chi connectivity index (χ1n) is 8.87. The quantitative estimate of drug-likeness (QED) is 0.355. The lowest BCUT2D eigenvalue weighted by Crippen LogP contribution is -2.04. The van der Waals surface area contributed by atoms with Gasteiger partial charge in [0.2, 0.25) is 0 Å². The molecule has 0 unspecified atom stereocenters. The average molecular weight is 369 g/mol. The van der Waals surface area contributed by atoms with E-state index in [1.165, 1.54) is 0 Å². The van der Waals surface area contributed by atoms with Gasteiger partial charge in [-0.3, -0.25) is 5.43 Å². The van der Waals surface area contributed by atoms with Gasteiger partial charge in [0.05, 0.1) is 18.2 Å². The van der Waals surface area contributed by atoms with Crippen LogP contribution in [0.4, 0.5) is 0 Å². The number of hydrogen-bond acceptors (Lipinski definition) is 4. The maximum atomic E-state index is 4.29. The van der Waals surface area contributed by atoms with Gasteiger partial charge in [0, 0.05) is 30.8 Å². The molecule has 28 heavy (non-hydrogen) atoms. The predicted molar refractivity (Wildman–Crippen MR) is 117 cm³/mol. The van der Waals surface area contributed by atoms with Crippen LogP contribution in [0.2, 0.25) is 0 Å². The Balaban J connectivity index is 1.60. The van der Waals surface area contributed by atoms with Gasteiger partial charge >= 0.3 is 0 Å². The molecule has 5 heteroatoms. The Bertz CT molecular complexity index is 996. The van der Waals surface area contributed by atoms with Gasteiger partial charge < -0.3 is 9.88 Å². The topological polar surface area (TPSA) is 54.2 Å². The highest BCUT2D eigenvalue weighted by Crippen LogP contribution is 2.14. The molecule has 0 bridgehead atoms. The minimum absolute atomic E-state index is 0.731. The van der Waals surface area contributed by atoms with Crippen LogP contribution in [0.15, 0.2) is 97.3 Å². The van der Waals surface area contributed by atoms with Gasteiger partial charge in [-0.05, 0) is 41.0 Å². The first kappa shape index (κ1) is 18.9. The van der Waals surface area contributed by atoms with Crippen molar-refractivity contribution >= 4 is 18.0 Å². The number of nitrogens with zero attached hydrogens (tertiary/aromatic N) is 3. The maximum Gasteiger partial charge on any atom is 0.0991 e. The first-order chi connectivity index (χ1) is 13.7. The second kappa shape index (κ2) is 9.19. The fourth-order valence-electron chi connectivity index (χ4n) is 2.50. The molecule has 2 aromatic carbocycles. The second-order valence-electron chi connectivity index (χ2n) is 6.14. The van der Waals surface area contributed by atoms with Crippen LogP contribution in [0, 0.1) is 0 Å². The largest absolute Gasteiger partial charge is 0.389 e. The molecule has 5 nitrogen and oxygen atoms in total. The molecule has 0 amide bonds. The van der Waals surface area contributed by atoms with Crippen molar-refractivity contribution in [1.29, 1.82) is 0 Å². The SMILES string of the molecule is C=C(/C=C/c1cccc(C(=C)N/N=C/c2ccc(-n3ccnc3)cc2)c1)NC. The minimum atomic E-state index is 0.731. The smallest absolute Gasteiger partial charge is 0.0991 e. The Morgan fingerprint density at radius 2 is 1.93 bits per heavy atom. The van der Waals surface area contributed by atoms with Crippen LogP contribution in [-0.4, -0.2) is 22.8 Å². The van der Waals surface area contributed by atoms with E-state index in [2.05, 4.69) is 34.0 Å². The van der Waals surface area contributed by atoms with Gasteiger partial charge in [-0.25, -0.2) is 4.98 Å². The van der Waals surface area contributed by atoms with E-state index in [1.807, 2.05) is 78.5 Å². The highest BCUT2D eigenvalue weighted by Gasteiger charge is 1.99. The number of nitrogens with one attached hydrogen (secondary N) is 2. The highest BCUT2D eigenvalue weighted by atomic mass is 15.3. The Labute approximate surface area is 165 Å². The monoisotopic (exact) mass is 369 g/mol. The van der Waals surface area contributed by atoms with Crippen LogP contribution in [-0.2, 0) is 0 Å². The lowest BCUT2D eigenvalue weighted by atomic mass is 10.1. The minimum Gasteiger partial charge on any atom is -0.389 e. The van der Waals surface area contributed by atoms with Gasteiger partial charge in [0.25, 0.3) is 0 Å². The lowest BCUT2D eigenvalue weighted by molar-refractivity contribution is 1.00. The number of rotatable bonds is 8. The maximum absolute atomic E-state index is 4.29. The van der Waals surface area contributed by atoms with Crippen molar-refractivity contribution in [2.45, 2.75) is 0 Å². The van der Waals surface area contributed by atoms with E-state index in [-0.39, 0.29) is 0 Å². The number of benzene rings is 2. The summed E-state index contributed by atoms with van der Waals surface area (Å²) < 4.78 is 1.95. The first-order valence-corrected chi connectivity index (χ1v) is 8.87. The van der Waals surface area contributed by atoms with E-state index < -0.39 is 0 Å². The van der Waals surface area contributed by atoms with Crippen molar-refractivity contribution in [1.82, 2.24) is 20.3 Å². The molecule has 0 atom stereocenters. The number of aromatic nitrogens is 2. The number of imidazole rings is 1. The molecule has 0 aliphatic carbocycles. The molecule has 0 aliphatic rings. The molecular weight excluding hydrogens is 346 g/mol. The Morgan fingerprint density at radius 1 is 1.11 bits per heavy atom. The van der Waals surface area contributed by atoms with E-state index in [4.69, 9.17) is 0 Å². The molecule has 0 fully saturated rings. The number of hydrogen-bond donors (Lipinski definition) is 2. The van der Waals surface area contributed by atoms with Gasteiger partial charge in [-0.15, -0.1) is 0 Å². The molecule has 0 spiro atoms. The van der Waals surface area contributed by atoms with Crippen molar-refractivity contribution in [2.75, 3.05) is 7.05 Å². The molecular formula is C23H23N5. The van der Waals surface area contributed by atoms with Gasteiger partial charge in [-0.1, -0.05) is 49.6 Å². The molecule has 3 rings (SSSR count). The lowest BCUT2D eigenvalue weighted by Gasteiger charge is -2.06. The van der Waals surface area contributed by atoms with Gasteiger partial charge in [0.15, 0.2) is 0 Å². The highest BCUT2D eigenvalue weighted by molar-refractivity contribution is 5.80. The molecule has 0 saturated carbocycles. The Hall–Kier alpha value is -3.86. The van der Waals surface area contributed by atoms with Crippen molar-refractivity contribution < 1.29 is 0 Å². The fourth-order valence-corrected chi connectivity index (χ4v) is 2.50. The third kappa shape index (κ3) is 5.08. The summed E-state index contributed by atoms with van der Waals surface area (Å²) in [6, 6.07) is 16.1. The van der Waals surface area contributed by atoms with Crippen LogP contribution in [0.25, 0.3) is 17.5 Å². The third-order valence-corrected chi connectivity index (χ3v) is 4.14. The molecule has 1 heterocycles. The summed E-state index contributed by atoms with van der Waals surface area (Å²) in [5.41, 5.74) is 8.67. The van der Waals surface area contributed by atoms with Crippen LogP contribution in [0.1, 0.15) is 16.7 Å². The zero-order valence-corrected chi connectivity index (χ0v) is 15.8. The Morgan fingerprint density at radius 3 is 2.64 bits per heavy atom. The van der Waals surface area contributed by atoms with Gasteiger partial charge in [-0.2, -0.15) is 5.10 Å². The summed E-state index contributed by atoms with van der Waals surface area (Å²) in [6.45, 7) is 7.95. The average Bonchev–Trinajstić information content (AvgIpc) is 3.27. The van der Waals surface area contributed by atoms with Crippen LogP contribution < -0.4 is 10.7 Å². The van der Waals surface area contributed by atoms with Crippen molar-refractivity contribution in [3.8, 4) is 5.69 Å². The summed E-state index contributed by atoms with van der Waals surface area (Å²) in [5, 5.41) is 7.28. The van der Waals surface area contributed by atoms with Crippen LogP contribution >= 0.6 is 0 Å². The fraction of sp³-hybridized carbons (Fsp3) is 0.0435. The van der Waals surface area contributed by atoms with Crippen molar-refractivity contribution in [3.63, 3.8) is 0 Å². The van der Waals surface area contributed by atoms with Crippen LogP contribution in [0.3, 0.4) is 0 Å².